The average molecular weight is 398 g/mol. The van der Waals surface area contributed by atoms with Gasteiger partial charge in [-0.15, -0.1) is 12.4 Å². The van der Waals surface area contributed by atoms with Gasteiger partial charge < -0.3 is 15.5 Å². The molecule has 2 N–H and O–H groups in total. The van der Waals surface area contributed by atoms with E-state index in [1.165, 1.54) is 0 Å². The van der Waals surface area contributed by atoms with Crippen molar-refractivity contribution >= 4 is 36.0 Å². The zero-order chi connectivity index (χ0) is 17.6. The number of halogens is 1. The van der Waals surface area contributed by atoms with Gasteiger partial charge in [0.1, 0.15) is 0 Å². The number of nitrogens with zero attached hydrogens (tertiary/aromatic N) is 1. The third kappa shape index (κ3) is 5.89. The number of rotatable bonds is 4. The Morgan fingerprint density at radius 2 is 1.92 bits per heavy atom. The van der Waals surface area contributed by atoms with E-state index in [0.29, 0.717) is 25.6 Å². The van der Waals surface area contributed by atoms with Crippen molar-refractivity contribution in [3.63, 3.8) is 0 Å². The van der Waals surface area contributed by atoms with Crippen LogP contribution in [-0.4, -0.2) is 59.9 Å². The molecule has 1 unspecified atom stereocenters. The van der Waals surface area contributed by atoms with Crippen LogP contribution in [-0.2, 0) is 4.79 Å². The topological polar surface area (TPSA) is 61.4 Å². The number of likely N-dealkylation sites (tertiary alicyclic amines) is 1. The summed E-state index contributed by atoms with van der Waals surface area (Å²) in [5.74, 6) is 2.36. The quantitative estimate of drug-likeness (QED) is 0.817. The molecule has 144 valence electrons. The van der Waals surface area contributed by atoms with Crippen molar-refractivity contribution in [3.05, 3.63) is 35.4 Å². The number of carbonyl (C=O) groups is 2. The molecule has 2 fully saturated rings. The molecule has 2 heterocycles. The van der Waals surface area contributed by atoms with Crippen LogP contribution in [0.25, 0.3) is 0 Å². The number of carbonyl (C=O) groups excluding carboxylic acids is 2. The Balaban J connectivity index is 0.00000243. The van der Waals surface area contributed by atoms with E-state index in [2.05, 4.69) is 10.6 Å². The second kappa shape index (κ2) is 10.2. The van der Waals surface area contributed by atoms with Gasteiger partial charge >= 0.3 is 0 Å². The van der Waals surface area contributed by atoms with Crippen molar-refractivity contribution in [2.45, 2.75) is 38.3 Å². The zero-order valence-electron chi connectivity index (χ0n) is 15.2. The van der Waals surface area contributed by atoms with Gasteiger partial charge in [0, 0.05) is 55.2 Å². The Kier molecular flexibility index (Phi) is 8.25. The summed E-state index contributed by atoms with van der Waals surface area (Å²) >= 11 is 1.91. The fraction of sp³-hybridized carbons (Fsp3) is 0.579. The van der Waals surface area contributed by atoms with E-state index in [-0.39, 0.29) is 30.3 Å². The van der Waals surface area contributed by atoms with Crippen molar-refractivity contribution < 1.29 is 9.59 Å². The van der Waals surface area contributed by atoms with E-state index in [9.17, 15) is 9.59 Å². The predicted octanol–water partition coefficient (Wildman–Crippen LogP) is 2.23. The van der Waals surface area contributed by atoms with Crippen molar-refractivity contribution in [1.29, 1.82) is 0 Å². The molecule has 0 aliphatic carbocycles. The van der Waals surface area contributed by atoms with Crippen LogP contribution in [0.1, 0.15) is 35.2 Å². The molecule has 3 rings (SSSR count). The standard InChI is InChI=1S/C19H27N3O2S.ClH/c1-14-2-4-15(5-3-14)19(24)22-9-6-16(7-10-22)21-18(23)12-17-13-25-11-8-20-17;/h2-5,16-17,20H,6-13H2,1H3,(H,21,23);1H. The normalized spacial score (nSPS) is 21.0. The summed E-state index contributed by atoms with van der Waals surface area (Å²) in [4.78, 5) is 26.6. The number of benzene rings is 1. The summed E-state index contributed by atoms with van der Waals surface area (Å²) < 4.78 is 0. The van der Waals surface area contributed by atoms with Gasteiger partial charge in [0.25, 0.3) is 5.91 Å². The molecular formula is C19H28ClN3O2S. The molecule has 1 atom stereocenters. The van der Waals surface area contributed by atoms with E-state index in [1.807, 2.05) is 47.9 Å². The maximum Gasteiger partial charge on any atom is 0.253 e. The number of hydrogen-bond donors (Lipinski definition) is 2. The highest BCUT2D eigenvalue weighted by Crippen LogP contribution is 2.15. The lowest BCUT2D eigenvalue weighted by Gasteiger charge is -2.33. The van der Waals surface area contributed by atoms with Crippen LogP contribution in [0.3, 0.4) is 0 Å². The Bertz CT molecular complexity index is 597. The molecular weight excluding hydrogens is 370 g/mol. The molecule has 2 aliphatic rings. The van der Waals surface area contributed by atoms with Gasteiger partial charge in [-0.25, -0.2) is 0 Å². The molecule has 2 aliphatic heterocycles. The lowest BCUT2D eigenvalue weighted by atomic mass is 10.0. The molecule has 5 nitrogen and oxygen atoms in total. The molecule has 0 spiro atoms. The Hall–Kier alpha value is -1.24. The number of nitrogens with one attached hydrogen (secondary N) is 2. The van der Waals surface area contributed by atoms with Gasteiger partial charge in [0.15, 0.2) is 0 Å². The minimum atomic E-state index is 0. The van der Waals surface area contributed by atoms with Crippen LogP contribution < -0.4 is 10.6 Å². The minimum absolute atomic E-state index is 0. The molecule has 0 aromatic heterocycles. The summed E-state index contributed by atoms with van der Waals surface area (Å²) in [6.45, 7) is 4.41. The lowest BCUT2D eigenvalue weighted by molar-refractivity contribution is -0.122. The van der Waals surface area contributed by atoms with Crippen molar-refractivity contribution in [2.75, 3.05) is 31.1 Å². The van der Waals surface area contributed by atoms with E-state index in [0.717, 1.165) is 42.0 Å². The third-order valence-electron chi connectivity index (χ3n) is 4.88. The van der Waals surface area contributed by atoms with Crippen LogP contribution in [0.5, 0.6) is 0 Å². The van der Waals surface area contributed by atoms with Gasteiger partial charge in [-0.1, -0.05) is 17.7 Å². The number of aryl methyl sites for hydroxylation is 1. The van der Waals surface area contributed by atoms with Crippen LogP contribution in [0.15, 0.2) is 24.3 Å². The Morgan fingerprint density at radius 1 is 1.23 bits per heavy atom. The molecule has 1 aromatic rings. The Labute approximate surface area is 166 Å². The van der Waals surface area contributed by atoms with Gasteiger partial charge in [-0.2, -0.15) is 11.8 Å². The number of amides is 2. The zero-order valence-corrected chi connectivity index (χ0v) is 16.8. The third-order valence-corrected chi connectivity index (χ3v) is 6.01. The molecule has 2 amide bonds. The fourth-order valence-electron chi connectivity index (χ4n) is 3.37. The SMILES string of the molecule is Cc1ccc(C(=O)N2CCC(NC(=O)CC3CSCCN3)CC2)cc1.Cl. The van der Waals surface area contributed by atoms with Gasteiger partial charge in [0.05, 0.1) is 0 Å². The predicted molar refractivity (Wildman–Crippen MR) is 109 cm³/mol. The summed E-state index contributed by atoms with van der Waals surface area (Å²) in [6, 6.07) is 8.20. The first-order valence-electron chi connectivity index (χ1n) is 9.08. The Morgan fingerprint density at radius 3 is 2.54 bits per heavy atom. The maximum atomic E-state index is 12.5. The first-order valence-corrected chi connectivity index (χ1v) is 10.2. The van der Waals surface area contributed by atoms with Gasteiger partial charge in [0.2, 0.25) is 5.91 Å². The van der Waals surface area contributed by atoms with Crippen LogP contribution in [0.2, 0.25) is 0 Å². The first kappa shape index (κ1) is 21.1. The molecule has 7 heteroatoms. The minimum Gasteiger partial charge on any atom is -0.353 e. The van der Waals surface area contributed by atoms with E-state index >= 15 is 0 Å². The van der Waals surface area contributed by atoms with Crippen LogP contribution >= 0.6 is 24.2 Å². The summed E-state index contributed by atoms with van der Waals surface area (Å²) in [5, 5.41) is 6.54. The highest BCUT2D eigenvalue weighted by atomic mass is 35.5. The van der Waals surface area contributed by atoms with Crippen molar-refractivity contribution in [3.8, 4) is 0 Å². The van der Waals surface area contributed by atoms with E-state index in [4.69, 9.17) is 0 Å². The maximum absolute atomic E-state index is 12.5. The van der Waals surface area contributed by atoms with Crippen LogP contribution in [0, 0.1) is 6.92 Å². The summed E-state index contributed by atoms with van der Waals surface area (Å²) in [7, 11) is 0. The van der Waals surface area contributed by atoms with Gasteiger partial charge in [-0.05, 0) is 31.9 Å². The second-order valence-corrected chi connectivity index (χ2v) is 8.08. The molecule has 1 aromatic carbocycles. The average Bonchev–Trinajstić information content (AvgIpc) is 2.63. The molecule has 0 saturated carbocycles. The number of thioether (sulfide) groups is 1. The molecule has 0 radical (unpaired) electrons. The molecule has 26 heavy (non-hydrogen) atoms. The lowest BCUT2D eigenvalue weighted by Crippen LogP contribution is -2.48. The van der Waals surface area contributed by atoms with E-state index in [1.54, 1.807) is 0 Å². The number of piperidine rings is 1. The molecule has 2 saturated heterocycles. The van der Waals surface area contributed by atoms with Crippen LogP contribution in [0.4, 0.5) is 0 Å². The largest absolute Gasteiger partial charge is 0.353 e. The fourth-order valence-corrected chi connectivity index (χ4v) is 4.32. The summed E-state index contributed by atoms with van der Waals surface area (Å²) in [6.07, 6.45) is 2.21. The van der Waals surface area contributed by atoms with Gasteiger partial charge in [-0.3, -0.25) is 9.59 Å². The smallest absolute Gasteiger partial charge is 0.253 e. The molecule has 0 bridgehead atoms. The highest BCUT2D eigenvalue weighted by molar-refractivity contribution is 7.99. The first-order chi connectivity index (χ1) is 12.1. The van der Waals surface area contributed by atoms with Crippen molar-refractivity contribution in [2.24, 2.45) is 0 Å². The van der Waals surface area contributed by atoms with Crippen molar-refractivity contribution in [1.82, 2.24) is 15.5 Å². The summed E-state index contributed by atoms with van der Waals surface area (Å²) in [5.41, 5.74) is 1.90. The monoisotopic (exact) mass is 397 g/mol. The highest BCUT2D eigenvalue weighted by Gasteiger charge is 2.25. The van der Waals surface area contributed by atoms with E-state index < -0.39 is 0 Å². The second-order valence-electron chi connectivity index (χ2n) is 6.93. The number of hydrogen-bond acceptors (Lipinski definition) is 4.